The van der Waals surface area contributed by atoms with Gasteiger partial charge < -0.3 is 9.15 Å². The SMILES string of the molecule is CCCCCCCCCOc1ccc2cc(CCCCCCCC)oc(=O)c2c1F. The van der Waals surface area contributed by atoms with Crippen LogP contribution in [0.5, 0.6) is 5.75 Å². The van der Waals surface area contributed by atoms with Crippen molar-refractivity contribution < 1.29 is 13.5 Å². The molecular formula is C26H39FO3. The van der Waals surface area contributed by atoms with Gasteiger partial charge in [0.25, 0.3) is 0 Å². The van der Waals surface area contributed by atoms with E-state index in [0.717, 1.165) is 32.1 Å². The van der Waals surface area contributed by atoms with E-state index in [4.69, 9.17) is 9.15 Å². The number of unbranched alkanes of at least 4 members (excludes halogenated alkanes) is 11. The Kier molecular flexibility index (Phi) is 11.6. The molecule has 168 valence electrons. The molecule has 0 aliphatic heterocycles. The van der Waals surface area contributed by atoms with E-state index >= 15 is 0 Å². The Bertz CT molecular complexity index is 797. The summed E-state index contributed by atoms with van der Waals surface area (Å²) in [5, 5.41) is 0.590. The van der Waals surface area contributed by atoms with E-state index in [1.807, 2.05) is 0 Å². The molecule has 0 amide bonds. The standard InChI is InChI=1S/C26H39FO3/c1-3-5-7-9-11-13-15-19-29-23-18-17-21-20-22(16-14-12-10-8-6-4-2)30-26(28)24(21)25(23)27/h17-18,20H,3-16,19H2,1-2H3. The van der Waals surface area contributed by atoms with Crippen LogP contribution in [0, 0.1) is 5.82 Å². The van der Waals surface area contributed by atoms with Gasteiger partial charge in [-0.2, -0.15) is 0 Å². The molecule has 0 atom stereocenters. The van der Waals surface area contributed by atoms with E-state index in [2.05, 4.69) is 13.8 Å². The van der Waals surface area contributed by atoms with Crippen molar-refractivity contribution in [2.24, 2.45) is 0 Å². The summed E-state index contributed by atoms with van der Waals surface area (Å²) in [5.41, 5.74) is -0.604. The van der Waals surface area contributed by atoms with Gasteiger partial charge in [0.1, 0.15) is 11.1 Å². The average molecular weight is 419 g/mol. The Morgan fingerprint density at radius 3 is 2.10 bits per heavy atom. The highest BCUT2D eigenvalue weighted by Crippen LogP contribution is 2.25. The molecule has 1 aromatic heterocycles. The molecule has 0 fully saturated rings. The van der Waals surface area contributed by atoms with E-state index in [-0.39, 0.29) is 11.1 Å². The van der Waals surface area contributed by atoms with Crippen LogP contribution in [0.3, 0.4) is 0 Å². The summed E-state index contributed by atoms with van der Waals surface area (Å²) >= 11 is 0. The van der Waals surface area contributed by atoms with Crippen LogP contribution in [0.1, 0.15) is 103 Å². The molecule has 0 radical (unpaired) electrons. The van der Waals surface area contributed by atoms with Crippen molar-refractivity contribution in [3.63, 3.8) is 0 Å². The first-order valence-corrected chi connectivity index (χ1v) is 12.0. The van der Waals surface area contributed by atoms with Crippen molar-refractivity contribution >= 4 is 10.8 Å². The van der Waals surface area contributed by atoms with Gasteiger partial charge in [-0.3, -0.25) is 0 Å². The van der Waals surface area contributed by atoms with Crippen LogP contribution in [0.4, 0.5) is 4.39 Å². The van der Waals surface area contributed by atoms with Gasteiger partial charge in [0.05, 0.1) is 6.61 Å². The van der Waals surface area contributed by atoms with Gasteiger partial charge in [-0.25, -0.2) is 9.18 Å². The summed E-state index contributed by atoms with van der Waals surface area (Å²) in [6.07, 6.45) is 16.0. The summed E-state index contributed by atoms with van der Waals surface area (Å²) in [4.78, 5) is 12.4. The molecule has 3 nitrogen and oxygen atoms in total. The third-order valence-electron chi connectivity index (χ3n) is 5.67. The number of fused-ring (bicyclic) bond motifs is 1. The third-order valence-corrected chi connectivity index (χ3v) is 5.67. The summed E-state index contributed by atoms with van der Waals surface area (Å²) in [6, 6.07) is 5.19. The van der Waals surface area contributed by atoms with Gasteiger partial charge in [-0.05, 0) is 30.4 Å². The van der Waals surface area contributed by atoms with Crippen molar-refractivity contribution in [1.82, 2.24) is 0 Å². The fourth-order valence-corrected chi connectivity index (χ4v) is 3.83. The summed E-state index contributed by atoms with van der Waals surface area (Å²) < 4.78 is 25.8. The van der Waals surface area contributed by atoms with Crippen LogP contribution >= 0.6 is 0 Å². The van der Waals surface area contributed by atoms with E-state index < -0.39 is 11.4 Å². The Morgan fingerprint density at radius 2 is 1.43 bits per heavy atom. The lowest BCUT2D eigenvalue weighted by atomic mass is 10.1. The molecule has 4 heteroatoms. The predicted octanol–water partition coefficient (Wildman–Crippen LogP) is 7.96. The van der Waals surface area contributed by atoms with Crippen LogP contribution in [0.15, 0.2) is 27.4 Å². The number of aryl methyl sites for hydroxylation is 1. The number of ether oxygens (including phenoxy) is 1. The minimum absolute atomic E-state index is 0.00115. The van der Waals surface area contributed by atoms with Crippen LogP contribution in [0.25, 0.3) is 10.8 Å². The van der Waals surface area contributed by atoms with Gasteiger partial charge in [-0.1, -0.05) is 90.5 Å². The minimum atomic E-state index is -0.604. The lowest BCUT2D eigenvalue weighted by molar-refractivity contribution is 0.291. The van der Waals surface area contributed by atoms with Crippen molar-refractivity contribution in [2.75, 3.05) is 6.61 Å². The average Bonchev–Trinajstić information content (AvgIpc) is 2.73. The highest BCUT2D eigenvalue weighted by Gasteiger charge is 2.14. The number of rotatable bonds is 16. The number of hydrogen-bond acceptors (Lipinski definition) is 3. The number of halogens is 1. The second-order valence-corrected chi connectivity index (χ2v) is 8.33. The molecule has 30 heavy (non-hydrogen) atoms. The van der Waals surface area contributed by atoms with Crippen molar-refractivity contribution in [3.05, 3.63) is 40.2 Å². The quantitative estimate of drug-likeness (QED) is 0.260. The Labute approximate surface area is 181 Å². The first-order valence-electron chi connectivity index (χ1n) is 12.0. The first kappa shape index (κ1) is 24.4. The largest absolute Gasteiger partial charge is 0.490 e. The van der Waals surface area contributed by atoms with E-state index in [1.54, 1.807) is 18.2 Å². The molecule has 1 aromatic carbocycles. The molecule has 0 spiro atoms. The molecule has 0 saturated heterocycles. The molecule has 0 bridgehead atoms. The second-order valence-electron chi connectivity index (χ2n) is 8.33. The van der Waals surface area contributed by atoms with E-state index in [0.29, 0.717) is 17.8 Å². The molecular weight excluding hydrogens is 379 g/mol. The van der Waals surface area contributed by atoms with E-state index in [1.165, 1.54) is 57.8 Å². The predicted molar refractivity (Wildman–Crippen MR) is 123 cm³/mol. The Balaban J connectivity index is 1.86. The maximum atomic E-state index is 14.8. The van der Waals surface area contributed by atoms with Crippen molar-refractivity contribution in [3.8, 4) is 5.75 Å². The van der Waals surface area contributed by atoms with Gasteiger partial charge in [0.2, 0.25) is 0 Å². The monoisotopic (exact) mass is 418 g/mol. The molecule has 2 aromatic rings. The van der Waals surface area contributed by atoms with Gasteiger partial charge in [-0.15, -0.1) is 0 Å². The van der Waals surface area contributed by atoms with E-state index in [9.17, 15) is 9.18 Å². The fourth-order valence-electron chi connectivity index (χ4n) is 3.83. The van der Waals surface area contributed by atoms with Crippen molar-refractivity contribution in [2.45, 2.75) is 104 Å². The molecule has 0 saturated carbocycles. The lowest BCUT2D eigenvalue weighted by Gasteiger charge is -2.09. The zero-order valence-corrected chi connectivity index (χ0v) is 18.9. The summed E-state index contributed by atoms with van der Waals surface area (Å²) in [5.74, 6) is 0.180. The number of hydrogen-bond donors (Lipinski definition) is 0. The lowest BCUT2D eigenvalue weighted by Crippen LogP contribution is -2.07. The van der Waals surface area contributed by atoms with Gasteiger partial charge >= 0.3 is 5.63 Å². The first-order chi connectivity index (χ1) is 14.7. The molecule has 0 N–H and O–H groups in total. The van der Waals surface area contributed by atoms with Crippen LogP contribution in [0.2, 0.25) is 0 Å². The smallest absolute Gasteiger partial charge is 0.346 e. The van der Waals surface area contributed by atoms with Gasteiger partial charge in [0, 0.05) is 6.42 Å². The molecule has 2 rings (SSSR count). The van der Waals surface area contributed by atoms with Crippen LogP contribution in [-0.2, 0) is 6.42 Å². The van der Waals surface area contributed by atoms with Crippen LogP contribution in [-0.4, -0.2) is 6.61 Å². The molecule has 0 aliphatic rings. The zero-order chi connectivity index (χ0) is 21.6. The van der Waals surface area contributed by atoms with Crippen molar-refractivity contribution in [1.29, 1.82) is 0 Å². The third kappa shape index (κ3) is 8.12. The maximum absolute atomic E-state index is 14.8. The number of benzene rings is 1. The second kappa shape index (κ2) is 14.2. The van der Waals surface area contributed by atoms with Crippen LogP contribution < -0.4 is 10.4 Å². The Morgan fingerprint density at radius 1 is 0.833 bits per heavy atom. The highest BCUT2D eigenvalue weighted by molar-refractivity contribution is 5.83. The molecule has 0 aliphatic carbocycles. The fraction of sp³-hybridized carbons (Fsp3) is 0.654. The zero-order valence-electron chi connectivity index (χ0n) is 18.9. The molecule has 1 heterocycles. The molecule has 0 unspecified atom stereocenters. The van der Waals surface area contributed by atoms with Gasteiger partial charge in [0.15, 0.2) is 11.6 Å². The topological polar surface area (TPSA) is 39.4 Å². The summed E-state index contributed by atoms with van der Waals surface area (Å²) in [6.45, 7) is 4.88. The maximum Gasteiger partial charge on any atom is 0.346 e. The Hall–Kier alpha value is -1.84. The summed E-state index contributed by atoms with van der Waals surface area (Å²) in [7, 11) is 0. The highest BCUT2D eigenvalue weighted by atomic mass is 19.1. The normalized spacial score (nSPS) is 11.3. The minimum Gasteiger partial charge on any atom is -0.490 e.